The molecule has 1 heterocycles. The van der Waals surface area contributed by atoms with Crippen molar-refractivity contribution in [1.82, 2.24) is 9.78 Å². The molecule has 3 nitrogen and oxygen atoms in total. The number of aryl methyl sites for hydroxylation is 1. The highest BCUT2D eigenvalue weighted by atomic mass is 16.3. The van der Waals surface area contributed by atoms with Gasteiger partial charge in [0.1, 0.15) is 5.60 Å². The monoisotopic (exact) mass is 194 g/mol. The van der Waals surface area contributed by atoms with Gasteiger partial charge in [0.2, 0.25) is 0 Å². The SMILES string of the molecule is Cn1nccc1[C@@]1(O)CCCC1(C)C. The number of aromatic nitrogens is 2. The van der Waals surface area contributed by atoms with Crippen molar-refractivity contribution in [2.75, 3.05) is 0 Å². The predicted molar refractivity (Wildman–Crippen MR) is 54.7 cm³/mol. The van der Waals surface area contributed by atoms with Gasteiger partial charge in [0.15, 0.2) is 0 Å². The smallest absolute Gasteiger partial charge is 0.111 e. The van der Waals surface area contributed by atoms with Gasteiger partial charge in [-0.2, -0.15) is 5.10 Å². The second-order valence-corrected chi connectivity index (χ2v) is 4.94. The molecule has 0 aliphatic heterocycles. The van der Waals surface area contributed by atoms with Crippen LogP contribution in [0.1, 0.15) is 38.8 Å². The van der Waals surface area contributed by atoms with Crippen LogP contribution < -0.4 is 0 Å². The Labute approximate surface area is 84.7 Å². The van der Waals surface area contributed by atoms with Gasteiger partial charge in [-0.15, -0.1) is 0 Å². The molecule has 2 rings (SSSR count). The molecule has 0 bridgehead atoms. The van der Waals surface area contributed by atoms with E-state index in [4.69, 9.17) is 0 Å². The van der Waals surface area contributed by atoms with E-state index in [1.54, 1.807) is 10.9 Å². The summed E-state index contributed by atoms with van der Waals surface area (Å²) in [6.07, 6.45) is 4.77. The van der Waals surface area contributed by atoms with Crippen molar-refractivity contribution in [1.29, 1.82) is 0 Å². The van der Waals surface area contributed by atoms with Gasteiger partial charge in [-0.1, -0.05) is 13.8 Å². The molecule has 0 unspecified atom stereocenters. The molecule has 1 saturated carbocycles. The standard InChI is InChI=1S/C11H18N2O/c1-10(2)6-4-7-11(10,14)9-5-8-12-13(9)3/h5,8,14H,4,6-7H2,1-3H3/t11-/m0/s1. The number of aliphatic hydroxyl groups is 1. The van der Waals surface area contributed by atoms with Crippen molar-refractivity contribution < 1.29 is 5.11 Å². The summed E-state index contributed by atoms with van der Waals surface area (Å²) in [6, 6.07) is 1.92. The molecular formula is C11H18N2O. The predicted octanol–water partition coefficient (Wildman–Crippen LogP) is 1.82. The van der Waals surface area contributed by atoms with E-state index in [0.717, 1.165) is 25.0 Å². The summed E-state index contributed by atoms with van der Waals surface area (Å²) in [4.78, 5) is 0. The third kappa shape index (κ3) is 1.12. The third-order valence-electron chi connectivity index (χ3n) is 3.70. The lowest BCUT2D eigenvalue weighted by Gasteiger charge is -2.36. The van der Waals surface area contributed by atoms with E-state index >= 15 is 0 Å². The van der Waals surface area contributed by atoms with Gasteiger partial charge in [-0.3, -0.25) is 4.68 Å². The molecule has 0 amide bonds. The van der Waals surface area contributed by atoms with E-state index in [2.05, 4.69) is 18.9 Å². The Balaban J connectivity index is 2.47. The minimum Gasteiger partial charge on any atom is -0.383 e. The summed E-state index contributed by atoms with van der Waals surface area (Å²) in [5, 5.41) is 14.8. The number of hydrogen-bond acceptors (Lipinski definition) is 2. The molecule has 1 aliphatic carbocycles. The van der Waals surface area contributed by atoms with E-state index in [0.29, 0.717) is 0 Å². The molecule has 0 saturated heterocycles. The Morgan fingerprint density at radius 1 is 1.43 bits per heavy atom. The fourth-order valence-corrected chi connectivity index (χ4v) is 2.59. The van der Waals surface area contributed by atoms with Gasteiger partial charge in [-0.05, 0) is 30.7 Å². The normalized spacial score (nSPS) is 30.9. The maximum Gasteiger partial charge on any atom is 0.111 e. The zero-order chi connectivity index (χ0) is 10.4. The first-order chi connectivity index (χ1) is 6.47. The second-order valence-electron chi connectivity index (χ2n) is 4.94. The molecule has 1 N–H and O–H groups in total. The first-order valence-electron chi connectivity index (χ1n) is 5.18. The average molecular weight is 194 g/mol. The van der Waals surface area contributed by atoms with Gasteiger partial charge in [0.25, 0.3) is 0 Å². The first kappa shape index (κ1) is 9.71. The van der Waals surface area contributed by atoms with Crippen LogP contribution in [-0.4, -0.2) is 14.9 Å². The fourth-order valence-electron chi connectivity index (χ4n) is 2.59. The quantitative estimate of drug-likeness (QED) is 0.740. The molecule has 1 aromatic rings. The summed E-state index contributed by atoms with van der Waals surface area (Å²) in [7, 11) is 1.89. The molecule has 0 spiro atoms. The van der Waals surface area contributed by atoms with Gasteiger partial charge < -0.3 is 5.11 Å². The van der Waals surface area contributed by atoms with E-state index < -0.39 is 5.60 Å². The van der Waals surface area contributed by atoms with Gasteiger partial charge in [-0.25, -0.2) is 0 Å². The molecular weight excluding hydrogens is 176 g/mol. The van der Waals surface area contributed by atoms with Crippen molar-refractivity contribution in [3.05, 3.63) is 18.0 Å². The maximum atomic E-state index is 10.7. The number of nitrogens with zero attached hydrogens (tertiary/aromatic N) is 2. The molecule has 14 heavy (non-hydrogen) atoms. The van der Waals surface area contributed by atoms with Crippen LogP contribution in [0.2, 0.25) is 0 Å². The van der Waals surface area contributed by atoms with Gasteiger partial charge >= 0.3 is 0 Å². The van der Waals surface area contributed by atoms with Crippen LogP contribution in [0.15, 0.2) is 12.3 Å². The third-order valence-corrected chi connectivity index (χ3v) is 3.70. The maximum absolute atomic E-state index is 10.7. The average Bonchev–Trinajstić information content (AvgIpc) is 2.59. The van der Waals surface area contributed by atoms with Crippen molar-refractivity contribution in [2.45, 2.75) is 38.7 Å². The molecule has 0 radical (unpaired) electrons. The van der Waals surface area contributed by atoms with Crippen molar-refractivity contribution in [3.63, 3.8) is 0 Å². The summed E-state index contributed by atoms with van der Waals surface area (Å²) in [5.74, 6) is 0. The van der Waals surface area contributed by atoms with Gasteiger partial charge in [0, 0.05) is 13.2 Å². The molecule has 3 heteroatoms. The van der Waals surface area contributed by atoms with Crippen LogP contribution in [0.4, 0.5) is 0 Å². The van der Waals surface area contributed by atoms with Crippen molar-refractivity contribution in [3.8, 4) is 0 Å². The minimum absolute atomic E-state index is 0.0409. The van der Waals surface area contributed by atoms with Crippen LogP contribution in [-0.2, 0) is 12.6 Å². The lowest BCUT2D eigenvalue weighted by molar-refractivity contribution is -0.0550. The summed E-state index contributed by atoms with van der Waals surface area (Å²) in [6.45, 7) is 4.26. The summed E-state index contributed by atoms with van der Waals surface area (Å²) < 4.78 is 1.78. The molecule has 1 aromatic heterocycles. The zero-order valence-electron chi connectivity index (χ0n) is 9.12. The van der Waals surface area contributed by atoms with Crippen LogP contribution in [0.5, 0.6) is 0 Å². The number of rotatable bonds is 1. The number of hydrogen-bond donors (Lipinski definition) is 1. The summed E-state index contributed by atoms with van der Waals surface area (Å²) in [5.41, 5.74) is 0.207. The Hall–Kier alpha value is -0.830. The van der Waals surface area contributed by atoms with Crippen LogP contribution in [0.3, 0.4) is 0 Å². The van der Waals surface area contributed by atoms with E-state index in [9.17, 15) is 5.11 Å². The first-order valence-corrected chi connectivity index (χ1v) is 5.18. The lowest BCUT2D eigenvalue weighted by Crippen LogP contribution is -2.38. The Bertz CT molecular complexity index is 343. The molecule has 1 aliphatic rings. The van der Waals surface area contributed by atoms with Crippen LogP contribution >= 0.6 is 0 Å². The highest BCUT2D eigenvalue weighted by molar-refractivity contribution is 5.18. The van der Waals surface area contributed by atoms with Crippen molar-refractivity contribution in [2.24, 2.45) is 12.5 Å². The van der Waals surface area contributed by atoms with E-state index in [-0.39, 0.29) is 5.41 Å². The van der Waals surface area contributed by atoms with Crippen LogP contribution in [0.25, 0.3) is 0 Å². The van der Waals surface area contributed by atoms with E-state index in [1.165, 1.54) is 0 Å². The topological polar surface area (TPSA) is 38.0 Å². The minimum atomic E-state index is -0.696. The van der Waals surface area contributed by atoms with Crippen molar-refractivity contribution >= 4 is 0 Å². The fraction of sp³-hybridized carbons (Fsp3) is 0.727. The highest BCUT2D eigenvalue weighted by Gasteiger charge is 2.50. The van der Waals surface area contributed by atoms with Gasteiger partial charge in [0.05, 0.1) is 5.69 Å². The zero-order valence-corrected chi connectivity index (χ0v) is 9.12. The molecule has 78 valence electrons. The lowest BCUT2D eigenvalue weighted by atomic mass is 9.76. The van der Waals surface area contributed by atoms with E-state index in [1.807, 2.05) is 13.1 Å². The summed E-state index contributed by atoms with van der Waals surface area (Å²) >= 11 is 0. The van der Waals surface area contributed by atoms with Crippen LogP contribution in [0, 0.1) is 5.41 Å². The molecule has 1 atom stereocenters. The Kier molecular flexibility index (Phi) is 1.96. The highest BCUT2D eigenvalue weighted by Crippen LogP contribution is 2.51. The molecule has 1 fully saturated rings. The Morgan fingerprint density at radius 2 is 2.14 bits per heavy atom. The molecule has 0 aromatic carbocycles. The Morgan fingerprint density at radius 3 is 2.57 bits per heavy atom. The largest absolute Gasteiger partial charge is 0.383 e. The second kappa shape index (κ2) is 2.83.